The first-order chi connectivity index (χ1) is 10.1. The molecule has 0 radical (unpaired) electrons. The first-order valence-corrected chi connectivity index (χ1v) is 6.91. The van der Waals surface area contributed by atoms with E-state index < -0.39 is 0 Å². The molecule has 21 heavy (non-hydrogen) atoms. The summed E-state index contributed by atoms with van der Waals surface area (Å²) in [5, 5.41) is 3.84. The molecule has 0 spiro atoms. The van der Waals surface area contributed by atoms with Gasteiger partial charge >= 0.3 is 0 Å². The maximum atomic E-state index is 12.6. The van der Waals surface area contributed by atoms with E-state index in [0.29, 0.717) is 36.7 Å². The number of aromatic nitrogens is 3. The Kier molecular flexibility index (Phi) is 3.50. The molecule has 112 valence electrons. The fourth-order valence-corrected chi connectivity index (χ4v) is 2.54. The molecule has 1 atom stereocenters. The number of nitrogens with zero attached hydrogens (tertiary/aromatic N) is 3. The lowest BCUT2D eigenvalue weighted by Crippen LogP contribution is -2.42. The number of hydrogen-bond acceptors (Lipinski definition) is 5. The Balaban J connectivity index is 1.78. The predicted octanol–water partition coefficient (Wildman–Crippen LogP) is 1.54. The summed E-state index contributed by atoms with van der Waals surface area (Å²) >= 11 is 0. The molecule has 3 heterocycles. The lowest BCUT2D eigenvalue weighted by molar-refractivity contribution is -0.0265. The highest BCUT2D eigenvalue weighted by atomic mass is 16.5. The zero-order chi connectivity index (χ0) is 15.0. The van der Waals surface area contributed by atoms with Crippen LogP contribution in [0, 0.1) is 20.8 Å². The molecular weight excluding hydrogens is 272 g/mol. The third-order valence-corrected chi connectivity index (χ3v) is 3.63. The van der Waals surface area contributed by atoms with Crippen LogP contribution < -0.4 is 0 Å². The fraction of sp³-hybridized carbons (Fsp3) is 0.500. The third kappa shape index (κ3) is 2.56. The van der Waals surface area contributed by atoms with Crippen molar-refractivity contribution in [2.24, 2.45) is 0 Å². The molecule has 0 unspecified atom stereocenters. The molecular formula is C14H18N4O3. The van der Waals surface area contributed by atoms with Crippen molar-refractivity contribution >= 4 is 5.91 Å². The van der Waals surface area contributed by atoms with Crippen LogP contribution in [0.25, 0.3) is 0 Å². The molecule has 7 nitrogen and oxygen atoms in total. The Morgan fingerprint density at radius 1 is 1.43 bits per heavy atom. The number of amides is 1. The smallest absolute Gasteiger partial charge is 0.259 e. The first kappa shape index (κ1) is 13.8. The molecule has 1 fully saturated rings. The quantitative estimate of drug-likeness (QED) is 0.906. The van der Waals surface area contributed by atoms with Crippen molar-refractivity contribution in [3.63, 3.8) is 0 Å². The van der Waals surface area contributed by atoms with Crippen LogP contribution in [0.15, 0.2) is 10.7 Å². The Morgan fingerprint density at radius 2 is 2.24 bits per heavy atom. The van der Waals surface area contributed by atoms with E-state index in [0.717, 1.165) is 11.5 Å². The van der Waals surface area contributed by atoms with Crippen molar-refractivity contribution in [2.75, 3.05) is 19.7 Å². The normalized spacial score (nSPS) is 19.0. The van der Waals surface area contributed by atoms with Crippen molar-refractivity contribution in [3.05, 3.63) is 34.7 Å². The number of carbonyl (C=O) groups excluding carboxylic acids is 1. The number of nitrogens with one attached hydrogen (secondary N) is 1. The zero-order valence-corrected chi connectivity index (χ0v) is 12.3. The molecule has 2 aromatic rings. The maximum absolute atomic E-state index is 12.6. The molecule has 0 aromatic carbocycles. The van der Waals surface area contributed by atoms with Crippen LogP contribution in [0.5, 0.6) is 0 Å². The summed E-state index contributed by atoms with van der Waals surface area (Å²) in [6.07, 6.45) is 1.53. The van der Waals surface area contributed by atoms with Crippen LogP contribution in [0.3, 0.4) is 0 Å². The molecule has 0 aliphatic carbocycles. The molecule has 0 saturated carbocycles. The summed E-state index contributed by atoms with van der Waals surface area (Å²) in [6.45, 7) is 6.97. The van der Waals surface area contributed by atoms with Gasteiger partial charge in [-0.3, -0.25) is 4.79 Å². The topological polar surface area (TPSA) is 84.2 Å². The van der Waals surface area contributed by atoms with Crippen molar-refractivity contribution in [1.82, 2.24) is 20.0 Å². The Morgan fingerprint density at radius 3 is 2.86 bits per heavy atom. The van der Waals surface area contributed by atoms with Gasteiger partial charge in [-0.1, -0.05) is 5.16 Å². The molecule has 2 aromatic heterocycles. The summed E-state index contributed by atoms with van der Waals surface area (Å²) in [5.74, 6) is 1.24. The molecule has 3 rings (SSSR count). The van der Waals surface area contributed by atoms with Gasteiger partial charge in [0.05, 0.1) is 18.8 Å². The maximum Gasteiger partial charge on any atom is 0.259 e. The average molecular weight is 290 g/mol. The van der Waals surface area contributed by atoms with Gasteiger partial charge in [0.1, 0.15) is 23.3 Å². The summed E-state index contributed by atoms with van der Waals surface area (Å²) in [6, 6.07) is 0. The van der Waals surface area contributed by atoms with Gasteiger partial charge in [0.25, 0.3) is 5.91 Å². The molecule has 1 amide bonds. The highest BCUT2D eigenvalue weighted by Crippen LogP contribution is 2.23. The van der Waals surface area contributed by atoms with Crippen molar-refractivity contribution in [2.45, 2.75) is 26.9 Å². The number of H-pyrrole nitrogens is 1. The number of morpholine rings is 1. The molecule has 1 saturated heterocycles. The summed E-state index contributed by atoms with van der Waals surface area (Å²) in [4.78, 5) is 21.8. The number of carbonyl (C=O) groups is 1. The standard InChI is InChI=1S/C14H18N4O3/c1-8-6-15-13(16-8)11-7-18(4-5-20-11)14(19)12-9(2)17-21-10(12)3/h6,11H,4-5,7H2,1-3H3,(H,15,16)/t11-/m1/s1. The van der Waals surface area contributed by atoms with Crippen LogP contribution in [0.2, 0.25) is 0 Å². The van der Waals surface area contributed by atoms with Gasteiger partial charge in [-0.05, 0) is 20.8 Å². The summed E-state index contributed by atoms with van der Waals surface area (Å²) < 4.78 is 10.8. The van der Waals surface area contributed by atoms with Gasteiger partial charge in [0.15, 0.2) is 0 Å². The Labute approximate surface area is 122 Å². The van der Waals surface area contributed by atoms with Crippen molar-refractivity contribution in [1.29, 1.82) is 0 Å². The van der Waals surface area contributed by atoms with E-state index in [-0.39, 0.29) is 12.0 Å². The lowest BCUT2D eigenvalue weighted by Gasteiger charge is -2.32. The van der Waals surface area contributed by atoms with Crippen molar-refractivity contribution in [3.8, 4) is 0 Å². The molecule has 1 aliphatic heterocycles. The highest BCUT2D eigenvalue weighted by molar-refractivity contribution is 5.96. The van der Waals surface area contributed by atoms with Crippen LogP contribution >= 0.6 is 0 Å². The Bertz CT molecular complexity index is 641. The van der Waals surface area contributed by atoms with E-state index in [4.69, 9.17) is 9.26 Å². The monoisotopic (exact) mass is 290 g/mol. The number of aryl methyl sites for hydroxylation is 3. The summed E-state index contributed by atoms with van der Waals surface area (Å²) in [7, 11) is 0. The number of imidazole rings is 1. The highest BCUT2D eigenvalue weighted by Gasteiger charge is 2.30. The van der Waals surface area contributed by atoms with E-state index in [9.17, 15) is 4.79 Å². The number of hydrogen-bond donors (Lipinski definition) is 1. The van der Waals surface area contributed by atoms with Gasteiger partial charge in [0, 0.05) is 18.4 Å². The van der Waals surface area contributed by atoms with Gasteiger partial charge in [-0.25, -0.2) is 4.98 Å². The largest absolute Gasteiger partial charge is 0.367 e. The van der Waals surface area contributed by atoms with E-state index in [1.165, 1.54) is 0 Å². The average Bonchev–Trinajstić information content (AvgIpc) is 3.05. The van der Waals surface area contributed by atoms with Gasteiger partial charge in [-0.2, -0.15) is 0 Å². The zero-order valence-electron chi connectivity index (χ0n) is 12.3. The Hall–Kier alpha value is -2.15. The number of rotatable bonds is 2. The molecule has 7 heteroatoms. The molecule has 1 aliphatic rings. The minimum Gasteiger partial charge on any atom is -0.367 e. The van der Waals surface area contributed by atoms with Gasteiger partial charge in [-0.15, -0.1) is 0 Å². The third-order valence-electron chi connectivity index (χ3n) is 3.63. The van der Waals surface area contributed by atoms with Gasteiger partial charge < -0.3 is 19.1 Å². The lowest BCUT2D eigenvalue weighted by atomic mass is 10.1. The molecule has 0 bridgehead atoms. The number of aromatic amines is 1. The first-order valence-electron chi connectivity index (χ1n) is 6.91. The van der Waals surface area contributed by atoms with E-state index >= 15 is 0 Å². The SMILES string of the molecule is Cc1cnc([C@H]2CN(C(=O)c3c(C)noc3C)CCO2)[nH]1. The second-order valence-electron chi connectivity index (χ2n) is 5.26. The van der Waals surface area contributed by atoms with E-state index in [1.54, 1.807) is 24.9 Å². The van der Waals surface area contributed by atoms with Gasteiger partial charge in [0.2, 0.25) is 0 Å². The van der Waals surface area contributed by atoms with E-state index in [1.807, 2.05) is 6.92 Å². The minimum atomic E-state index is -0.225. The molecule has 1 N–H and O–H groups in total. The second-order valence-corrected chi connectivity index (χ2v) is 5.26. The second kappa shape index (κ2) is 5.33. The van der Waals surface area contributed by atoms with E-state index in [2.05, 4.69) is 15.1 Å². The fourth-order valence-electron chi connectivity index (χ4n) is 2.54. The predicted molar refractivity (Wildman–Crippen MR) is 73.9 cm³/mol. The minimum absolute atomic E-state index is 0.0668. The van der Waals surface area contributed by atoms with Crippen LogP contribution in [-0.2, 0) is 4.74 Å². The van der Waals surface area contributed by atoms with Crippen LogP contribution in [-0.4, -0.2) is 45.6 Å². The van der Waals surface area contributed by atoms with Crippen LogP contribution in [0.4, 0.5) is 0 Å². The van der Waals surface area contributed by atoms with Crippen molar-refractivity contribution < 1.29 is 14.1 Å². The van der Waals surface area contributed by atoms with Crippen LogP contribution in [0.1, 0.15) is 39.4 Å². The summed E-state index contributed by atoms with van der Waals surface area (Å²) in [5.41, 5.74) is 2.14. The number of ether oxygens (including phenoxy) is 1.